The Morgan fingerprint density at radius 2 is 2.11 bits per heavy atom. The third-order valence-corrected chi connectivity index (χ3v) is 4.63. The summed E-state index contributed by atoms with van der Waals surface area (Å²) in [6, 6.07) is 12.3. The van der Waals surface area contributed by atoms with Gasteiger partial charge in [0.15, 0.2) is 11.5 Å². The van der Waals surface area contributed by atoms with Gasteiger partial charge in [-0.3, -0.25) is 9.69 Å². The van der Waals surface area contributed by atoms with Crippen molar-refractivity contribution in [3.05, 3.63) is 59.4 Å². The van der Waals surface area contributed by atoms with Crippen LogP contribution in [0.3, 0.4) is 0 Å². The summed E-state index contributed by atoms with van der Waals surface area (Å²) in [5.41, 5.74) is 1.55. The molecule has 1 aliphatic rings. The Balaban J connectivity index is 1.54. The minimum Gasteiger partial charge on any atom is -0.493 e. The molecule has 0 atom stereocenters. The smallest absolute Gasteiger partial charge is 0.221 e. The molecule has 3 rings (SSSR count). The van der Waals surface area contributed by atoms with Gasteiger partial charge in [0.2, 0.25) is 5.91 Å². The average molecular weight is 372 g/mol. The van der Waals surface area contributed by atoms with Gasteiger partial charge in [0.25, 0.3) is 0 Å². The van der Waals surface area contributed by atoms with Gasteiger partial charge < -0.3 is 14.8 Å². The number of carbonyl (C=O) groups is 1. The number of fused-ring (bicyclic) bond motifs is 1. The quantitative estimate of drug-likeness (QED) is 0.847. The fourth-order valence-corrected chi connectivity index (χ4v) is 3.17. The molecule has 0 unspecified atom stereocenters. The van der Waals surface area contributed by atoms with Gasteiger partial charge in [0, 0.05) is 43.7 Å². The van der Waals surface area contributed by atoms with Crippen LogP contribution in [0, 0.1) is 5.82 Å². The van der Waals surface area contributed by atoms with Crippen LogP contribution in [-0.2, 0) is 17.9 Å². The van der Waals surface area contributed by atoms with Gasteiger partial charge in [-0.05, 0) is 18.6 Å². The van der Waals surface area contributed by atoms with Crippen molar-refractivity contribution in [2.45, 2.75) is 25.9 Å². The molecule has 6 heteroatoms. The lowest BCUT2D eigenvalue weighted by atomic mass is 10.1. The van der Waals surface area contributed by atoms with Gasteiger partial charge in [0.1, 0.15) is 5.82 Å². The van der Waals surface area contributed by atoms with Gasteiger partial charge in [-0.15, -0.1) is 0 Å². The van der Waals surface area contributed by atoms with Crippen LogP contribution in [0.4, 0.5) is 4.39 Å². The first-order chi connectivity index (χ1) is 13.2. The number of nitrogens with one attached hydrogen (secondary N) is 1. The molecule has 0 bridgehead atoms. The molecule has 0 aromatic heterocycles. The molecule has 0 radical (unpaired) electrons. The maximum absolute atomic E-state index is 13.6. The van der Waals surface area contributed by atoms with E-state index < -0.39 is 0 Å². The summed E-state index contributed by atoms with van der Waals surface area (Å²) in [7, 11) is 1.63. The molecule has 144 valence electrons. The van der Waals surface area contributed by atoms with E-state index in [4.69, 9.17) is 9.47 Å². The van der Waals surface area contributed by atoms with Crippen molar-refractivity contribution in [2.24, 2.45) is 0 Å². The maximum Gasteiger partial charge on any atom is 0.221 e. The molecule has 2 aromatic carbocycles. The summed E-state index contributed by atoms with van der Waals surface area (Å²) < 4.78 is 24.9. The molecule has 0 saturated carbocycles. The summed E-state index contributed by atoms with van der Waals surface area (Å²) in [5, 5.41) is 2.79. The Labute approximate surface area is 159 Å². The van der Waals surface area contributed by atoms with E-state index >= 15 is 0 Å². The monoisotopic (exact) mass is 372 g/mol. The minimum atomic E-state index is -0.299. The molecular weight excluding hydrogens is 347 g/mol. The number of amides is 1. The fourth-order valence-electron chi connectivity index (χ4n) is 3.17. The maximum atomic E-state index is 13.6. The van der Waals surface area contributed by atoms with Crippen LogP contribution in [-0.4, -0.2) is 37.6 Å². The number of benzene rings is 2. The molecule has 1 N–H and O–H groups in total. The Morgan fingerprint density at radius 1 is 1.26 bits per heavy atom. The predicted octanol–water partition coefficient (Wildman–Crippen LogP) is 3.13. The Morgan fingerprint density at radius 3 is 2.93 bits per heavy atom. The lowest BCUT2D eigenvalue weighted by Crippen LogP contribution is -2.33. The molecule has 1 aliphatic heterocycles. The van der Waals surface area contributed by atoms with Crippen molar-refractivity contribution in [2.75, 3.05) is 26.8 Å². The van der Waals surface area contributed by atoms with E-state index in [0.29, 0.717) is 31.7 Å². The zero-order chi connectivity index (χ0) is 19.1. The highest BCUT2D eigenvalue weighted by Gasteiger charge is 2.18. The van der Waals surface area contributed by atoms with E-state index in [1.54, 1.807) is 25.3 Å². The average Bonchev–Trinajstić information content (AvgIpc) is 2.66. The van der Waals surface area contributed by atoms with Crippen LogP contribution >= 0.6 is 0 Å². The second kappa shape index (κ2) is 9.37. The number of para-hydroxylation sites is 1. The number of hydrogen-bond donors (Lipinski definition) is 1. The van der Waals surface area contributed by atoms with Crippen molar-refractivity contribution < 1.29 is 18.7 Å². The van der Waals surface area contributed by atoms with Gasteiger partial charge in [-0.25, -0.2) is 4.39 Å². The molecule has 1 heterocycles. The van der Waals surface area contributed by atoms with Gasteiger partial charge in [-0.2, -0.15) is 0 Å². The Hall–Kier alpha value is -2.60. The van der Waals surface area contributed by atoms with Gasteiger partial charge in [-0.1, -0.05) is 30.3 Å². The SMILES string of the molecule is COc1cccc2c1OCCCN(CCC(=O)NCc1ccccc1F)C2. The van der Waals surface area contributed by atoms with Gasteiger partial charge >= 0.3 is 0 Å². The molecule has 5 nitrogen and oxygen atoms in total. The molecule has 0 spiro atoms. The van der Waals surface area contributed by atoms with Crippen LogP contribution in [0.5, 0.6) is 11.5 Å². The van der Waals surface area contributed by atoms with E-state index in [1.165, 1.54) is 6.07 Å². The summed E-state index contributed by atoms with van der Waals surface area (Å²) in [6.45, 7) is 3.02. The van der Waals surface area contributed by atoms with Gasteiger partial charge in [0.05, 0.1) is 13.7 Å². The van der Waals surface area contributed by atoms with Crippen molar-refractivity contribution in [3.63, 3.8) is 0 Å². The molecular formula is C21H25FN2O3. The first kappa shape index (κ1) is 19.2. The lowest BCUT2D eigenvalue weighted by molar-refractivity contribution is -0.121. The normalized spacial score (nSPS) is 14.4. The first-order valence-corrected chi connectivity index (χ1v) is 9.18. The summed E-state index contributed by atoms with van der Waals surface area (Å²) in [4.78, 5) is 14.4. The van der Waals surface area contributed by atoms with Crippen molar-refractivity contribution in [1.29, 1.82) is 0 Å². The number of halogens is 1. The minimum absolute atomic E-state index is 0.0811. The highest BCUT2D eigenvalue weighted by Crippen LogP contribution is 2.33. The van der Waals surface area contributed by atoms with E-state index in [2.05, 4.69) is 10.2 Å². The summed E-state index contributed by atoms with van der Waals surface area (Å²) in [6.07, 6.45) is 1.25. The van der Waals surface area contributed by atoms with Crippen LogP contribution < -0.4 is 14.8 Å². The topological polar surface area (TPSA) is 50.8 Å². The van der Waals surface area contributed by atoms with E-state index in [9.17, 15) is 9.18 Å². The first-order valence-electron chi connectivity index (χ1n) is 9.18. The molecule has 2 aromatic rings. The number of ether oxygens (including phenoxy) is 2. The van der Waals surface area contributed by atoms with Crippen LogP contribution in [0.15, 0.2) is 42.5 Å². The summed E-state index contributed by atoms with van der Waals surface area (Å²) >= 11 is 0. The van der Waals surface area contributed by atoms with E-state index in [1.807, 2.05) is 18.2 Å². The number of carbonyl (C=O) groups excluding carboxylic acids is 1. The van der Waals surface area contributed by atoms with E-state index in [0.717, 1.165) is 30.0 Å². The number of rotatable bonds is 6. The highest BCUT2D eigenvalue weighted by molar-refractivity contribution is 5.76. The van der Waals surface area contributed by atoms with Crippen LogP contribution in [0.1, 0.15) is 24.0 Å². The lowest BCUT2D eigenvalue weighted by Gasteiger charge is -2.27. The third-order valence-electron chi connectivity index (χ3n) is 4.63. The standard InChI is InChI=1S/C21H25FN2O3/c1-26-19-9-4-7-17-15-24(11-5-13-27-21(17)19)12-10-20(25)23-14-16-6-2-3-8-18(16)22/h2-4,6-9H,5,10-15H2,1H3,(H,23,25). The molecule has 0 fully saturated rings. The Bertz CT molecular complexity index is 782. The fraction of sp³-hybridized carbons (Fsp3) is 0.381. The summed E-state index contributed by atoms with van der Waals surface area (Å²) in [5.74, 6) is 1.14. The number of methoxy groups -OCH3 is 1. The van der Waals surface area contributed by atoms with Crippen molar-refractivity contribution in [3.8, 4) is 11.5 Å². The van der Waals surface area contributed by atoms with Crippen molar-refractivity contribution >= 4 is 5.91 Å². The Kier molecular flexibility index (Phi) is 6.65. The zero-order valence-electron chi connectivity index (χ0n) is 15.5. The molecule has 0 saturated heterocycles. The highest BCUT2D eigenvalue weighted by atomic mass is 19.1. The third kappa shape index (κ3) is 5.20. The second-order valence-electron chi connectivity index (χ2n) is 6.54. The van der Waals surface area contributed by atoms with Crippen LogP contribution in [0.2, 0.25) is 0 Å². The number of hydrogen-bond acceptors (Lipinski definition) is 4. The largest absolute Gasteiger partial charge is 0.493 e. The second-order valence-corrected chi connectivity index (χ2v) is 6.54. The number of nitrogens with zero attached hydrogens (tertiary/aromatic N) is 1. The van der Waals surface area contributed by atoms with E-state index in [-0.39, 0.29) is 18.3 Å². The van der Waals surface area contributed by atoms with Crippen molar-refractivity contribution in [1.82, 2.24) is 10.2 Å². The predicted molar refractivity (Wildman–Crippen MR) is 101 cm³/mol. The zero-order valence-corrected chi connectivity index (χ0v) is 15.5. The molecule has 27 heavy (non-hydrogen) atoms. The van der Waals surface area contributed by atoms with Crippen LogP contribution in [0.25, 0.3) is 0 Å². The molecule has 0 aliphatic carbocycles. The molecule has 1 amide bonds.